The normalized spacial score (nSPS) is 11.6. The first-order valence-corrected chi connectivity index (χ1v) is 8.79. The summed E-state index contributed by atoms with van der Waals surface area (Å²) in [4.78, 5) is 43.0. The monoisotopic (exact) mass is 380 g/mol. The number of amides is 2. The molecule has 28 heavy (non-hydrogen) atoms. The maximum Gasteiger partial charge on any atom is 0.338 e. The number of aromatic amines is 1. The van der Waals surface area contributed by atoms with Crippen LogP contribution in [0.3, 0.4) is 0 Å². The van der Waals surface area contributed by atoms with Gasteiger partial charge in [-0.3, -0.25) is 9.59 Å². The van der Waals surface area contributed by atoms with E-state index in [0.717, 1.165) is 5.52 Å². The number of carbonyl (C=O) groups excluding carboxylic acids is 3. The molecule has 1 atom stereocenters. The van der Waals surface area contributed by atoms with Gasteiger partial charge in [-0.1, -0.05) is 6.92 Å². The van der Waals surface area contributed by atoms with Crippen LogP contribution < -0.4 is 10.6 Å². The second-order valence-electron chi connectivity index (χ2n) is 6.18. The minimum Gasteiger partial charge on any atom is -0.449 e. The molecule has 1 heterocycles. The molecular formula is C20H20N4O4. The summed E-state index contributed by atoms with van der Waals surface area (Å²) in [6.45, 7) is 3.18. The van der Waals surface area contributed by atoms with E-state index < -0.39 is 18.0 Å². The Kier molecular flexibility index (Phi) is 5.69. The van der Waals surface area contributed by atoms with Crippen LogP contribution in [0.15, 0.2) is 48.8 Å². The molecule has 0 aliphatic rings. The summed E-state index contributed by atoms with van der Waals surface area (Å²) in [5.74, 6) is -1.19. The highest BCUT2D eigenvalue weighted by Gasteiger charge is 2.22. The van der Waals surface area contributed by atoms with E-state index >= 15 is 0 Å². The number of H-pyrrole nitrogens is 1. The molecule has 0 spiro atoms. The smallest absolute Gasteiger partial charge is 0.338 e. The number of esters is 1. The molecule has 0 saturated carbocycles. The zero-order valence-corrected chi connectivity index (χ0v) is 15.5. The van der Waals surface area contributed by atoms with Crippen LogP contribution in [0.25, 0.3) is 11.0 Å². The Bertz CT molecular complexity index is 1010. The summed E-state index contributed by atoms with van der Waals surface area (Å²) >= 11 is 0. The predicted molar refractivity (Wildman–Crippen MR) is 105 cm³/mol. The summed E-state index contributed by atoms with van der Waals surface area (Å²) in [6, 6.07) is 11.6. The molecule has 3 rings (SSSR count). The Morgan fingerprint density at radius 1 is 1.07 bits per heavy atom. The zero-order valence-electron chi connectivity index (χ0n) is 15.5. The Morgan fingerprint density at radius 2 is 1.75 bits per heavy atom. The lowest BCUT2D eigenvalue weighted by atomic mass is 10.2. The first-order chi connectivity index (χ1) is 13.5. The van der Waals surface area contributed by atoms with Gasteiger partial charge in [0.15, 0.2) is 6.10 Å². The number of imidazole rings is 1. The van der Waals surface area contributed by atoms with Crippen molar-refractivity contribution in [3.05, 3.63) is 54.4 Å². The zero-order chi connectivity index (χ0) is 20.1. The fourth-order valence-electron chi connectivity index (χ4n) is 2.64. The van der Waals surface area contributed by atoms with Gasteiger partial charge in [0.05, 0.1) is 22.9 Å². The minimum absolute atomic E-state index is 0.178. The number of benzene rings is 2. The van der Waals surface area contributed by atoms with Gasteiger partial charge in [0.1, 0.15) is 0 Å². The molecule has 0 saturated heterocycles. The third kappa shape index (κ3) is 4.53. The standard InChI is InChI=1S/C20H20N4O4/c1-3-18(19(26)24-15-7-5-14(6-8-15)23-12(2)25)28-20(27)13-4-9-16-17(10-13)22-11-21-16/h4-11,18H,3H2,1-2H3,(H,21,22)(H,23,25)(H,24,26). The van der Waals surface area contributed by atoms with Gasteiger partial charge >= 0.3 is 5.97 Å². The number of hydrogen-bond donors (Lipinski definition) is 3. The van der Waals surface area contributed by atoms with E-state index in [2.05, 4.69) is 20.6 Å². The summed E-state index contributed by atoms with van der Waals surface area (Å²) in [5.41, 5.74) is 2.95. The third-order valence-electron chi connectivity index (χ3n) is 4.04. The van der Waals surface area contributed by atoms with E-state index in [0.29, 0.717) is 28.9 Å². The molecule has 144 valence electrons. The number of fused-ring (bicyclic) bond motifs is 1. The molecule has 1 unspecified atom stereocenters. The van der Waals surface area contributed by atoms with Crippen molar-refractivity contribution >= 4 is 40.2 Å². The van der Waals surface area contributed by atoms with Crippen LogP contribution in [0.1, 0.15) is 30.6 Å². The van der Waals surface area contributed by atoms with Crippen molar-refractivity contribution < 1.29 is 19.1 Å². The largest absolute Gasteiger partial charge is 0.449 e. The summed E-state index contributed by atoms with van der Waals surface area (Å²) < 4.78 is 5.38. The van der Waals surface area contributed by atoms with Crippen molar-refractivity contribution in [1.29, 1.82) is 0 Å². The number of rotatable bonds is 6. The minimum atomic E-state index is -0.931. The van der Waals surface area contributed by atoms with Crippen molar-refractivity contribution in [3.8, 4) is 0 Å². The number of hydrogen-bond acceptors (Lipinski definition) is 5. The maximum absolute atomic E-state index is 12.5. The van der Waals surface area contributed by atoms with E-state index in [-0.39, 0.29) is 5.91 Å². The Morgan fingerprint density at radius 3 is 2.39 bits per heavy atom. The quantitative estimate of drug-likeness (QED) is 0.569. The molecule has 3 N–H and O–H groups in total. The van der Waals surface area contributed by atoms with Gasteiger partial charge < -0.3 is 20.4 Å². The highest BCUT2D eigenvalue weighted by Crippen LogP contribution is 2.16. The molecule has 1 aromatic heterocycles. The third-order valence-corrected chi connectivity index (χ3v) is 4.04. The first kappa shape index (κ1) is 19.1. The Labute approximate surface area is 161 Å². The highest BCUT2D eigenvalue weighted by molar-refractivity contribution is 5.99. The fraction of sp³-hybridized carbons (Fsp3) is 0.200. The van der Waals surface area contributed by atoms with E-state index in [4.69, 9.17) is 4.74 Å². The topological polar surface area (TPSA) is 113 Å². The number of carbonyl (C=O) groups is 3. The second-order valence-corrected chi connectivity index (χ2v) is 6.18. The number of nitrogens with zero attached hydrogens (tertiary/aromatic N) is 1. The molecule has 2 aromatic carbocycles. The van der Waals surface area contributed by atoms with Crippen LogP contribution in [0.5, 0.6) is 0 Å². The summed E-state index contributed by atoms with van der Waals surface area (Å²) in [7, 11) is 0. The van der Waals surface area contributed by atoms with Crippen molar-refractivity contribution in [2.45, 2.75) is 26.4 Å². The van der Waals surface area contributed by atoms with Crippen molar-refractivity contribution in [1.82, 2.24) is 9.97 Å². The number of ether oxygens (including phenoxy) is 1. The van der Waals surface area contributed by atoms with Crippen LogP contribution in [0.2, 0.25) is 0 Å². The van der Waals surface area contributed by atoms with Crippen LogP contribution in [-0.2, 0) is 14.3 Å². The average molecular weight is 380 g/mol. The van der Waals surface area contributed by atoms with E-state index in [1.165, 1.54) is 6.92 Å². The average Bonchev–Trinajstić information content (AvgIpc) is 3.14. The SMILES string of the molecule is CCC(OC(=O)c1ccc2nc[nH]c2c1)C(=O)Nc1ccc(NC(C)=O)cc1. The van der Waals surface area contributed by atoms with E-state index in [1.54, 1.807) is 55.7 Å². The molecule has 8 heteroatoms. The van der Waals surface area contributed by atoms with Gasteiger partial charge in [0.25, 0.3) is 5.91 Å². The number of aromatic nitrogens is 2. The van der Waals surface area contributed by atoms with Gasteiger partial charge in [0, 0.05) is 18.3 Å². The number of anilines is 2. The van der Waals surface area contributed by atoms with Crippen molar-refractivity contribution in [3.63, 3.8) is 0 Å². The Hall–Kier alpha value is -3.68. The van der Waals surface area contributed by atoms with E-state index in [1.807, 2.05) is 0 Å². The van der Waals surface area contributed by atoms with Crippen molar-refractivity contribution in [2.24, 2.45) is 0 Å². The molecule has 8 nitrogen and oxygen atoms in total. The lowest BCUT2D eigenvalue weighted by Gasteiger charge is -2.16. The molecule has 0 aliphatic heterocycles. The van der Waals surface area contributed by atoms with Crippen LogP contribution in [-0.4, -0.2) is 33.9 Å². The molecule has 0 fully saturated rings. The van der Waals surface area contributed by atoms with Crippen LogP contribution in [0, 0.1) is 0 Å². The first-order valence-electron chi connectivity index (χ1n) is 8.79. The maximum atomic E-state index is 12.5. The van der Waals surface area contributed by atoms with Gasteiger partial charge in [-0.15, -0.1) is 0 Å². The summed E-state index contributed by atoms with van der Waals surface area (Å²) in [6.07, 6.45) is 0.938. The van der Waals surface area contributed by atoms with Crippen LogP contribution in [0.4, 0.5) is 11.4 Å². The van der Waals surface area contributed by atoms with Gasteiger partial charge in [-0.25, -0.2) is 9.78 Å². The molecule has 0 aliphatic carbocycles. The summed E-state index contributed by atoms with van der Waals surface area (Å²) in [5, 5.41) is 5.36. The van der Waals surface area contributed by atoms with Crippen LogP contribution >= 0.6 is 0 Å². The van der Waals surface area contributed by atoms with E-state index in [9.17, 15) is 14.4 Å². The molecule has 0 radical (unpaired) electrons. The number of nitrogens with one attached hydrogen (secondary N) is 3. The Balaban J connectivity index is 1.64. The second kappa shape index (κ2) is 8.34. The molecule has 2 amide bonds. The lowest BCUT2D eigenvalue weighted by molar-refractivity contribution is -0.124. The van der Waals surface area contributed by atoms with Gasteiger partial charge in [-0.05, 0) is 48.9 Å². The van der Waals surface area contributed by atoms with Gasteiger partial charge in [0.2, 0.25) is 5.91 Å². The highest BCUT2D eigenvalue weighted by atomic mass is 16.5. The fourth-order valence-corrected chi connectivity index (χ4v) is 2.64. The molecular weight excluding hydrogens is 360 g/mol. The van der Waals surface area contributed by atoms with Gasteiger partial charge in [-0.2, -0.15) is 0 Å². The van der Waals surface area contributed by atoms with Crippen molar-refractivity contribution in [2.75, 3.05) is 10.6 Å². The molecule has 3 aromatic rings. The lowest BCUT2D eigenvalue weighted by Crippen LogP contribution is -2.32. The predicted octanol–water partition coefficient (Wildman–Crippen LogP) is 3.10. The molecule has 0 bridgehead atoms.